The highest BCUT2D eigenvalue weighted by Gasteiger charge is 2.51. The van der Waals surface area contributed by atoms with Gasteiger partial charge >= 0.3 is 0 Å². The molecule has 4 nitrogen and oxygen atoms in total. The molecule has 0 fully saturated rings. The maximum absolute atomic E-state index is 13.1. The van der Waals surface area contributed by atoms with Crippen molar-refractivity contribution in [2.24, 2.45) is 17.8 Å². The molecular formula is C30H42O4Si. The van der Waals surface area contributed by atoms with Gasteiger partial charge in [-0.3, -0.25) is 4.79 Å². The standard InChI is InChI=1S/C30H42O4Si/c1-23(2)21-33-25-19-24(28(17-12-18-31)29(32)20-25)22-34-35(30(3,4)5,26-13-8-6-9-14-26)27-15-10-7-11-16-27/h6-11,13-16,20,23-24,28,31H,12,17-19,21-22H2,1-5H3/t24-,28-/m1/s1. The topological polar surface area (TPSA) is 55.8 Å². The Balaban J connectivity index is 1.98. The van der Waals surface area contributed by atoms with Crippen LogP contribution in [0.25, 0.3) is 0 Å². The molecule has 0 radical (unpaired) electrons. The van der Waals surface area contributed by atoms with E-state index in [0.717, 1.165) is 5.76 Å². The van der Waals surface area contributed by atoms with Crippen LogP contribution in [0, 0.1) is 17.8 Å². The third-order valence-corrected chi connectivity index (χ3v) is 11.9. The van der Waals surface area contributed by atoms with Crippen LogP contribution in [-0.2, 0) is 14.0 Å². The monoisotopic (exact) mass is 494 g/mol. The van der Waals surface area contributed by atoms with E-state index in [1.54, 1.807) is 6.08 Å². The fourth-order valence-electron chi connectivity index (χ4n) is 5.19. The number of carbonyl (C=O) groups excluding carboxylic acids is 1. The molecule has 0 unspecified atom stereocenters. The summed E-state index contributed by atoms with van der Waals surface area (Å²) in [5.41, 5.74) is 0. The molecule has 0 amide bonds. The van der Waals surface area contributed by atoms with Gasteiger partial charge in [0.25, 0.3) is 8.32 Å². The van der Waals surface area contributed by atoms with E-state index in [1.165, 1.54) is 10.4 Å². The summed E-state index contributed by atoms with van der Waals surface area (Å²) in [4.78, 5) is 13.1. The number of hydrogen-bond donors (Lipinski definition) is 1. The smallest absolute Gasteiger partial charge is 0.261 e. The first-order chi connectivity index (χ1) is 16.7. The lowest BCUT2D eigenvalue weighted by atomic mass is 9.79. The van der Waals surface area contributed by atoms with Gasteiger partial charge in [0, 0.05) is 31.6 Å². The van der Waals surface area contributed by atoms with E-state index < -0.39 is 8.32 Å². The zero-order valence-electron chi connectivity index (χ0n) is 22.0. The average Bonchev–Trinajstić information content (AvgIpc) is 2.83. The van der Waals surface area contributed by atoms with E-state index in [0.29, 0.717) is 38.4 Å². The van der Waals surface area contributed by atoms with Crippen LogP contribution >= 0.6 is 0 Å². The Morgan fingerprint density at radius 2 is 1.57 bits per heavy atom. The Labute approximate surface area is 212 Å². The molecule has 0 aromatic heterocycles. The lowest BCUT2D eigenvalue weighted by molar-refractivity contribution is -0.122. The van der Waals surface area contributed by atoms with E-state index in [2.05, 4.69) is 83.1 Å². The molecule has 2 atom stereocenters. The number of ketones is 1. The predicted molar refractivity (Wildman–Crippen MR) is 145 cm³/mol. The minimum Gasteiger partial charge on any atom is -0.498 e. The van der Waals surface area contributed by atoms with Gasteiger partial charge in [0.2, 0.25) is 0 Å². The van der Waals surface area contributed by atoms with Crippen LogP contribution in [0.3, 0.4) is 0 Å². The fraction of sp³-hybridized carbons (Fsp3) is 0.500. The first-order valence-corrected chi connectivity index (χ1v) is 14.8. The van der Waals surface area contributed by atoms with Crippen molar-refractivity contribution >= 4 is 24.5 Å². The number of benzene rings is 2. The number of carbonyl (C=O) groups is 1. The largest absolute Gasteiger partial charge is 0.498 e. The molecule has 0 spiro atoms. The number of aliphatic hydroxyl groups is 1. The number of aliphatic hydroxyl groups excluding tert-OH is 1. The summed E-state index contributed by atoms with van der Waals surface area (Å²) < 4.78 is 13.2. The molecule has 0 saturated carbocycles. The van der Waals surface area contributed by atoms with Crippen molar-refractivity contribution in [2.75, 3.05) is 19.8 Å². The van der Waals surface area contributed by atoms with Gasteiger partial charge in [0.05, 0.1) is 12.4 Å². The zero-order valence-corrected chi connectivity index (χ0v) is 23.0. The molecule has 0 heterocycles. The van der Waals surface area contributed by atoms with Crippen molar-refractivity contribution in [3.05, 3.63) is 72.5 Å². The quantitative estimate of drug-likeness (QED) is 0.442. The van der Waals surface area contributed by atoms with Crippen LogP contribution < -0.4 is 10.4 Å². The molecule has 0 aliphatic heterocycles. The second-order valence-electron chi connectivity index (χ2n) is 11.1. The number of hydrogen-bond acceptors (Lipinski definition) is 4. The number of ether oxygens (including phenoxy) is 1. The second kappa shape index (κ2) is 12.2. The molecule has 35 heavy (non-hydrogen) atoms. The molecule has 5 heteroatoms. The van der Waals surface area contributed by atoms with Crippen molar-refractivity contribution in [2.45, 2.75) is 58.9 Å². The van der Waals surface area contributed by atoms with Gasteiger partial charge in [0.1, 0.15) is 0 Å². The summed E-state index contributed by atoms with van der Waals surface area (Å²) in [6, 6.07) is 21.2. The van der Waals surface area contributed by atoms with Gasteiger partial charge in [-0.2, -0.15) is 0 Å². The summed E-state index contributed by atoms with van der Waals surface area (Å²) in [7, 11) is -2.70. The molecule has 190 valence electrons. The van der Waals surface area contributed by atoms with Crippen LogP contribution in [-0.4, -0.2) is 39.0 Å². The van der Waals surface area contributed by atoms with Gasteiger partial charge in [-0.1, -0.05) is 95.3 Å². The summed E-state index contributed by atoms with van der Waals surface area (Å²) in [5.74, 6) is 1.11. The van der Waals surface area contributed by atoms with Gasteiger partial charge in [-0.25, -0.2) is 0 Å². The Morgan fingerprint density at radius 3 is 2.06 bits per heavy atom. The normalized spacial score (nSPS) is 19.1. The molecule has 1 aliphatic rings. The lowest BCUT2D eigenvalue weighted by Gasteiger charge is -2.44. The van der Waals surface area contributed by atoms with Crippen molar-refractivity contribution in [1.29, 1.82) is 0 Å². The highest BCUT2D eigenvalue weighted by atomic mass is 28.4. The van der Waals surface area contributed by atoms with Gasteiger partial charge in [0.15, 0.2) is 5.78 Å². The maximum Gasteiger partial charge on any atom is 0.261 e. The average molecular weight is 495 g/mol. The lowest BCUT2D eigenvalue weighted by Crippen LogP contribution is -2.67. The van der Waals surface area contributed by atoms with Gasteiger partial charge in [-0.15, -0.1) is 0 Å². The van der Waals surface area contributed by atoms with Crippen molar-refractivity contribution in [3.8, 4) is 0 Å². The highest BCUT2D eigenvalue weighted by Crippen LogP contribution is 2.39. The Morgan fingerprint density at radius 1 is 1.00 bits per heavy atom. The third kappa shape index (κ3) is 6.52. The van der Waals surface area contributed by atoms with E-state index in [9.17, 15) is 9.90 Å². The summed E-state index contributed by atoms with van der Waals surface area (Å²) in [5, 5.41) is 11.8. The van der Waals surface area contributed by atoms with Gasteiger partial charge in [-0.05, 0) is 40.1 Å². The van der Waals surface area contributed by atoms with Crippen molar-refractivity contribution in [1.82, 2.24) is 0 Å². The van der Waals surface area contributed by atoms with Crippen LogP contribution in [0.5, 0.6) is 0 Å². The summed E-state index contributed by atoms with van der Waals surface area (Å²) in [6.45, 7) is 12.2. The van der Waals surface area contributed by atoms with E-state index in [1.807, 2.05) is 12.1 Å². The number of allylic oxidation sites excluding steroid dienone is 2. The SMILES string of the molecule is CC(C)COC1=CC(=O)[C@H](CCCO)[C@@H](CO[Si](c2ccccc2)(c2ccccc2)C(C)(C)C)C1. The predicted octanol–water partition coefficient (Wildman–Crippen LogP) is 5.10. The molecule has 2 aromatic carbocycles. The Hall–Kier alpha value is -2.21. The number of rotatable bonds is 11. The molecule has 1 aliphatic carbocycles. The third-order valence-electron chi connectivity index (χ3n) is 6.91. The first-order valence-electron chi connectivity index (χ1n) is 12.9. The fourth-order valence-corrected chi connectivity index (χ4v) is 9.81. The molecule has 1 N–H and O–H groups in total. The molecule has 2 aromatic rings. The first kappa shape index (κ1) is 27.4. The van der Waals surface area contributed by atoms with E-state index in [-0.39, 0.29) is 29.3 Å². The van der Waals surface area contributed by atoms with Crippen LogP contribution in [0.4, 0.5) is 0 Å². The Bertz CT molecular complexity index is 923. The van der Waals surface area contributed by atoms with Crippen molar-refractivity contribution in [3.63, 3.8) is 0 Å². The Kier molecular flexibility index (Phi) is 9.51. The van der Waals surface area contributed by atoms with E-state index in [4.69, 9.17) is 9.16 Å². The van der Waals surface area contributed by atoms with Crippen LogP contribution in [0.1, 0.15) is 53.9 Å². The summed E-state index contributed by atoms with van der Waals surface area (Å²) in [6.07, 6.45) is 3.65. The molecule has 0 saturated heterocycles. The van der Waals surface area contributed by atoms with Gasteiger partial charge < -0.3 is 14.3 Å². The summed E-state index contributed by atoms with van der Waals surface area (Å²) >= 11 is 0. The highest BCUT2D eigenvalue weighted by molar-refractivity contribution is 6.99. The maximum atomic E-state index is 13.1. The molecule has 0 bridgehead atoms. The minimum atomic E-state index is -2.70. The van der Waals surface area contributed by atoms with Crippen LogP contribution in [0.2, 0.25) is 5.04 Å². The second-order valence-corrected chi connectivity index (χ2v) is 15.4. The van der Waals surface area contributed by atoms with E-state index >= 15 is 0 Å². The molecular weight excluding hydrogens is 452 g/mol. The molecule has 3 rings (SSSR count). The zero-order chi connectivity index (χ0) is 25.5. The minimum absolute atomic E-state index is 0.0165. The van der Waals surface area contributed by atoms with Crippen molar-refractivity contribution < 1.29 is 19.1 Å². The van der Waals surface area contributed by atoms with Crippen LogP contribution in [0.15, 0.2) is 72.5 Å².